The Morgan fingerprint density at radius 1 is 0.407 bits per heavy atom. The average molecular weight is 1230 g/mol. The maximum absolute atomic E-state index is 13.4. The minimum absolute atomic E-state index is 0.232. The summed E-state index contributed by atoms with van der Waals surface area (Å²) >= 11 is 0. The van der Waals surface area contributed by atoms with Crippen LogP contribution in [-0.4, -0.2) is 193 Å². The van der Waals surface area contributed by atoms with Gasteiger partial charge in [0.25, 0.3) is 0 Å². The second-order valence-electron chi connectivity index (χ2n) is 24.3. The predicted molar refractivity (Wildman–Crippen MR) is 332 cm³/mol. The monoisotopic (exact) mass is 1230 g/mol. The number of hydrogen-bond acceptors (Lipinski definition) is 18. The van der Waals surface area contributed by atoms with E-state index in [9.17, 15) is 61.0 Å². The molecular formula is C67H121NO18. The molecule has 0 aromatic heterocycles. The summed E-state index contributed by atoms with van der Waals surface area (Å²) in [7, 11) is 0. The van der Waals surface area contributed by atoms with Gasteiger partial charge in [-0.1, -0.05) is 210 Å². The molecule has 0 aromatic carbocycles. The van der Waals surface area contributed by atoms with Crippen LogP contribution in [0, 0.1) is 0 Å². The smallest absolute Gasteiger partial charge is 0.220 e. The zero-order valence-corrected chi connectivity index (χ0v) is 52.8. The lowest BCUT2D eigenvalue weighted by molar-refractivity contribution is -0.379. The largest absolute Gasteiger partial charge is 0.394 e. The Kier molecular flexibility index (Phi) is 44.8. The van der Waals surface area contributed by atoms with Crippen LogP contribution in [0.3, 0.4) is 0 Å². The number of nitrogens with one attached hydrogen (secondary N) is 1. The van der Waals surface area contributed by atoms with E-state index in [0.717, 1.165) is 44.9 Å². The first-order valence-corrected chi connectivity index (χ1v) is 33.9. The van der Waals surface area contributed by atoms with Gasteiger partial charge in [0, 0.05) is 6.42 Å². The summed E-state index contributed by atoms with van der Waals surface area (Å²) in [4.78, 5) is 13.4. The number of unbranched alkanes of at least 4 members (excludes halogenated alkanes) is 29. The molecule has 0 radical (unpaired) electrons. The molecule has 3 saturated heterocycles. The number of allylic oxidation sites excluding steroid dienone is 7. The molecule has 19 nitrogen and oxygen atoms in total. The van der Waals surface area contributed by atoms with Crippen molar-refractivity contribution in [2.24, 2.45) is 0 Å². The Morgan fingerprint density at radius 3 is 1.16 bits per heavy atom. The predicted octanol–water partition coefficient (Wildman–Crippen LogP) is 8.22. The molecule has 0 spiro atoms. The van der Waals surface area contributed by atoms with E-state index in [-0.39, 0.29) is 18.9 Å². The molecule has 17 atom stereocenters. The molecule has 3 fully saturated rings. The third kappa shape index (κ3) is 31.7. The number of carbonyl (C=O) groups is 1. The van der Waals surface area contributed by atoms with Crippen LogP contribution in [0.2, 0.25) is 0 Å². The third-order valence-electron chi connectivity index (χ3n) is 16.8. The van der Waals surface area contributed by atoms with Gasteiger partial charge in [-0.05, 0) is 70.6 Å². The highest BCUT2D eigenvalue weighted by molar-refractivity contribution is 5.76. The van der Waals surface area contributed by atoms with Crippen LogP contribution in [0.4, 0.5) is 0 Å². The Labute approximate surface area is 516 Å². The maximum atomic E-state index is 13.4. The SMILES string of the molecule is CCCCCCCC/C=C/CC/C=C/CC/C=C/C(O)C(COC1OC(CO)C(OC2OC(CO)C(OC3OC(CO)C(O)C(O)C3O)C(O)C2O)C(O)C1O)NC(=O)CCCCCCCCCCCCCCC/C=C\CCCCCCCCCC. The van der Waals surface area contributed by atoms with Gasteiger partial charge < -0.3 is 89.9 Å². The van der Waals surface area contributed by atoms with E-state index in [1.54, 1.807) is 6.08 Å². The number of amides is 1. The van der Waals surface area contributed by atoms with Crippen molar-refractivity contribution >= 4 is 5.91 Å². The van der Waals surface area contributed by atoms with E-state index in [1.807, 2.05) is 6.08 Å². The molecule has 502 valence electrons. The average Bonchev–Trinajstić information content (AvgIpc) is 2.21. The normalized spacial score (nSPS) is 29.1. The molecule has 1 amide bonds. The van der Waals surface area contributed by atoms with Crippen LogP contribution in [0.15, 0.2) is 48.6 Å². The first kappa shape index (κ1) is 78.0. The van der Waals surface area contributed by atoms with Crippen molar-refractivity contribution in [1.82, 2.24) is 5.32 Å². The summed E-state index contributed by atoms with van der Waals surface area (Å²) in [6.07, 6.45) is 30.9. The Bertz CT molecular complexity index is 1750. The summed E-state index contributed by atoms with van der Waals surface area (Å²) in [6, 6.07) is -0.996. The molecule has 0 aliphatic carbocycles. The van der Waals surface area contributed by atoms with E-state index in [0.29, 0.717) is 12.8 Å². The van der Waals surface area contributed by atoms with Gasteiger partial charge in [0.2, 0.25) is 5.91 Å². The number of ether oxygens (including phenoxy) is 6. The molecule has 3 aliphatic heterocycles. The number of aliphatic hydroxyl groups excluding tert-OH is 11. The van der Waals surface area contributed by atoms with Crippen LogP contribution in [0.25, 0.3) is 0 Å². The van der Waals surface area contributed by atoms with Crippen LogP contribution in [0.5, 0.6) is 0 Å². The highest BCUT2D eigenvalue weighted by atomic mass is 16.8. The Balaban J connectivity index is 1.45. The zero-order chi connectivity index (χ0) is 62.6. The van der Waals surface area contributed by atoms with Gasteiger partial charge >= 0.3 is 0 Å². The van der Waals surface area contributed by atoms with Crippen molar-refractivity contribution in [1.29, 1.82) is 0 Å². The quantitative estimate of drug-likeness (QED) is 0.0202. The summed E-state index contributed by atoms with van der Waals surface area (Å²) in [5.74, 6) is -0.289. The molecule has 17 unspecified atom stereocenters. The zero-order valence-electron chi connectivity index (χ0n) is 52.8. The lowest BCUT2D eigenvalue weighted by Gasteiger charge is -2.48. The van der Waals surface area contributed by atoms with Crippen LogP contribution >= 0.6 is 0 Å². The van der Waals surface area contributed by atoms with Crippen molar-refractivity contribution < 1.29 is 89.4 Å². The van der Waals surface area contributed by atoms with E-state index >= 15 is 0 Å². The Morgan fingerprint density at radius 2 is 0.744 bits per heavy atom. The Hall–Kier alpha value is -2.25. The van der Waals surface area contributed by atoms with Gasteiger partial charge in [-0.3, -0.25) is 4.79 Å². The standard InChI is InChI=1S/C67H121NO18/c1-3-5-7-9-11-13-15-17-19-21-22-23-24-25-26-27-28-29-31-33-35-37-39-41-43-45-55(73)68-50(51(72)44-42-40-38-36-34-32-30-20-18-16-14-12-10-8-6-4-2)49-81-65-61(79)58(76)63(53(47-70)83-65)86-67-62(80)59(77)64(54(48-71)84-67)85-66-60(78)57(75)56(74)52(46-69)82-66/h18,20-22,34,36,42,44,50-54,56-67,69-72,74-80H,3-17,19,23-33,35,37-41,43,45-49H2,1-2H3,(H,68,73)/b20-18+,22-21-,36-34+,44-42+. The van der Waals surface area contributed by atoms with Crippen molar-refractivity contribution in [3.8, 4) is 0 Å². The molecule has 0 bridgehead atoms. The fourth-order valence-electron chi connectivity index (χ4n) is 11.3. The molecule has 0 saturated carbocycles. The van der Waals surface area contributed by atoms with Gasteiger partial charge in [0.05, 0.1) is 38.6 Å². The highest BCUT2D eigenvalue weighted by Crippen LogP contribution is 2.33. The van der Waals surface area contributed by atoms with E-state index in [1.165, 1.54) is 161 Å². The lowest BCUT2D eigenvalue weighted by Crippen LogP contribution is -2.66. The number of carbonyl (C=O) groups excluding carboxylic acids is 1. The second kappa shape index (κ2) is 49.5. The van der Waals surface area contributed by atoms with E-state index in [4.69, 9.17) is 28.4 Å². The lowest BCUT2D eigenvalue weighted by atomic mass is 9.96. The maximum Gasteiger partial charge on any atom is 0.220 e. The van der Waals surface area contributed by atoms with Gasteiger partial charge in [0.15, 0.2) is 18.9 Å². The summed E-state index contributed by atoms with van der Waals surface area (Å²) < 4.78 is 34.3. The molecule has 19 heteroatoms. The molecule has 3 aliphatic rings. The van der Waals surface area contributed by atoms with Gasteiger partial charge in [-0.15, -0.1) is 0 Å². The number of aliphatic hydroxyl groups is 11. The molecule has 12 N–H and O–H groups in total. The van der Waals surface area contributed by atoms with Crippen molar-refractivity contribution in [2.75, 3.05) is 26.4 Å². The fraction of sp³-hybridized carbons (Fsp3) is 0.866. The van der Waals surface area contributed by atoms with E-state index in [2.05, 4.69) is 55.6 Å². The first-order valence-electron chi connectivity index (χ1n) is 33.9. The summed E-state index contributed by atoms with van der Waals surface area (Å²) in [5.41, 5.74) is 0. The minimum atomic E-state index is -1.98. The fourth-order valence-corrected chi connectivity index (χ4v) is 11.3. The number of rotatable bonds is 51. The van der Waals surface area contributed by atoms with Crippen molar-refractivity contribution in [2.45, 2.75) is 343 Å². The summed E-state index contributed by atoms with van der Waals surface area (Å²) in [6.45, 7) is 1.70. The van der Waals surface area contributed by atoms with Crippen molar-refractivity contribution in [3.63, 3.8) is 0 Å². The van der Waals surface area contributed by atoms with Crippen molar-refractivity contribution in [3.05, 3.63) is 48.6 Å². The second-order valence-corrected chi connectivity index (χ2v) is 24.3. The molecule has 3 heterocycles. The molecule has 0 aromatic rings. The number of hydrogen-bond donors (Lipinski definition) is 12. The van der Waals surface area contributed by atoms with E-state index < -0.39 is 124 Å². The first-order chi connectivity index (χ1) is 41.8. The summed E-state index contributed by atoms with van der Waals surface area (Å²) in [5, 5.41) is 120. The van der Waals surface area contributed by atoms with Gasteiger partial charge in [-0.2, -0.15) is 0 Å². The highest BCUT2D eigenvalue weighted by Gasteiger charge is 2.53. The topological polar surface area (TPSA) is 307 Å². The van der Waals surface area contributed by atoms with Gasteiger partial charge in [0.1, 0.15) is 73.2 Å². The third-order valence-corrected chi connectivity index (χ3v) is 16.8. The van der Waals surface area contributed by atoms with Crippen LogP contribution in [-0.2, 0) is 33.2 Å². The van der Waals surface area contributed by atoms with Gasteiger partial charge in [-0.25, -0.2) is 0 Å². The van der Waals surface area contributed by atoms with Crippen LogP contribution < -0.4 is 5.32 Å². The molecule has 3 rings (SSSR count). The molecule has 86 heavy (non-hydrogen) atoms. The molecular weight excluding hydrogens is 1110 g/mol. The van der Waals surface area contributed by atoms with Crippen LogP contribution in [0.1, 0.15) is 239 Å². The minimum Gasteiger partial charge on any atom is -0.394 e.